The van der Waals surface area contributed by atoms with Crippen LogP contribution < -0.4 is 0 Å². The molecule has 0 atom stereocenters. The van der Waals surface area contributed by atoms with E-state index < -0.39 is 0 Å². The highest BCUT2D eigenvalue weighted by Gasteiger charge is 1.35. The Hall–Kier alpha value is -0.700. The number of terminal acetylenes is 1. The molecule has 0 spiro atoms. The molecule has 0 amide bonds. The molecule has 0 aromatic heterocycles. The lowest BCUT2D eigenvalue weighted by molar-refractivity contribution is 1.09. The topological polar surface area (TPSA) is 0 Å². The van der Waals surface area contributed by atoms with Crippen LogP contribution in [-0.4, -0.2) is 0 Å². The molecule has 0 heteroatoms. The van der Waals surface area contributed by atoms with Gasteiger partial charge in [0.2, 0.25) is 0 Å². The van der Waals surface area contributed by atoms with E-state index in [1.807, 2.05) is 69.2 Å². The lowest BCUT2D eigenvalue weighted by Crippen LogP contribution is -1.27. The van der Waals surface area contributed by atoms with Crippen LogP contribution >= 0.6 is 0 Å². The van der Waals surface area contributed by atoms with Crippen LogP contribution in [0, 0.1) is 12.8 Å². The lowest BCUT2D eigenvalue weighted by Gasteiger charge is -1.48. The van der Waals surface area contributed by atoms with Crippen LogP contribution in [0.5, 0.6) is 0 Å². The van der Waals surface area contributed by atoms with Gasteiger partial charge in [-0.25, -0.2) is 0 Å². The highest BCUT2D eigenvalue weighted by atomic mass is 13.4. The largest absolute Gasteiger partial charge is 0.124 e. The Bertz CT molecular complexity index is 18.5. The van der Waals surface area contributed by atoms with Gasteiger partial charge in [-0.2, -0.15) is 0 Å². The second-order valence-electron chi connectivity index (χ2n) is 0.707. The Morgan fingerprint density at radius 2 is 0.529 bits per heavy atom. The molecule has 0 heterocycles. The molecule has 0 nitrogen and oxygen atoms in total. The molecular formula is C17H44. The van der Waals surface area contributed by atoms with Crippen LogP contribution in [0.2, 0.25) is 0 Å². The summed E-state index contributed by atoms with van der Waals surface area (Å²) in [7, 11) is 0. The maximum absolute atomic E-state index is 4.00. The minimum atomic E-state index is 1.25. The zero-order chi connectivity index (χ0) is 16.7. The molecule has 0 saturated heterocycles. The van der Waals surface area contributed by atoms with Crippen molar-refractivity contribution in [3.8, 4) is 12.8 Å². The average Bonchev–Trinajstić information content (AvgIpc) is 2.53. The molecule has 0 fully saturated rings. The zero-order valence-electron chi connectivity index (χ0n) is 15.3. The van der Waals surface area contributed by atoms with Gasteiger partial charge in [-0.15, -0.1) is 26.0 Å². The molecule has 0 aliphatic carbocycles. The standard InChI is InChI=1S/C3H8.5C2H6.C2H4.C2H2/c1-3-2;7*1-2/h3H2,1-2H3;5*1-2H3;1-2H2;1-2H. The van der Waals surface area contributed by atoms with Crippen molar-refractivity contribution >= 4 is 0 Å². The van der Waals surface area contributed by atoms with Crippen LogP contribution in [0.3, 0.4) is 0 Å². The molecule has 17 heavy (non-hydrogen) atoms. The fraction of sp³-hybridized carbons (Fsp3) is 0.765. The summed E-state index contributed by atoms with van der Waals surface area (Å²) >= 11 is 0. The van der Waals surface area contributed by atoms with E-state index in [1.54, 1.807) is 0 Å². The summed E-state index contributed by atoms with van der Waals surface area (Å²) in [5.74, 6) is 0. The van der Waals surface area contributed by atoms with Crippen molar-refractivity contribution < 1.29 is 0 Å². The van der Waals surface area contributed by atoms with Crippen LogP contribution in [0.25, 0.3) is 0 Å². The molecule has 0 aromatic rings. The highest BCUT2D eigenvalue weighted by Crippen LogP contribution is 1.56. The van der Waals surface area contributed by atoms with Crippen LogP contribution in [0.1, 0.15) is 89.5 Å². The SMILES string of the molecule is C#C.C=C.CC.CC.CC.CC.CC.CCC. The van der Waals surface area contributed by atoms with Crippen molar-refractivity contribution in [3.05, 3.63) is 13.2 Å². The summed E-state index contributed by atoms with van der Waals surface area (Å²) < 4.78 is 0. The highest BCUT2D eigenvalue weighted by molar-refractivity contribution is 4.47. The molecular weight excluding hydrogens is 204 g/mol. The summed E-state index contributed by atoms with van der Waals surface area (Å²) in [6.45, 7) is 30.2. The molecule has 0 aliphatic heterocycles. The molecule has 112 valence electrons. The van der Waals surface area contributed by atoms with Gasteiger partial charge in [-0.1, -0.05) is 89.5 Å². The van der Waals surface area contributed by atoms with Crippen molar-refractivity contribution in [2.75, 3.05) is 0 Å². The van der Waals surface area contributed by atoms with Gasteiger partial charge in [-0.3, -0.25) is 0 Å². The lowest BCUT2D eigenvalue weighted by atomic mass is 10.6. The minimum Gasteiger partial charge on any atom is -0.124 e. The molecule has 0 rings (SSSR count). The molecule has 0 saturated carbocycles. The Morgan fingerprint density at radius 1 is 0.529 bits per heavy atom. The third-order valence-electron chi connectivity index (χ3n) is 0. The van der Waals surface area contributed by atoms with E-state index in [-0.39, 0.29) is 0 Å². The van der Waals surface area contributed by atoms with Gasteiger partial charge < -0.3 is 0 Å². The first kappa shape index (κ1) is 55.4. The predicted molar refractivity (Wildman–Crippen MR) is 93.8 cm³/mol. The van der Waals surface area contributed by atoms with Gasteiger partial charge in [0.15, 0.2) is 0 Å². The third-order valence-corrected chi connectivity index (χ3v) is 0. The smallest absolute Gasteiger partial charge is 0.0590 e. The van der Waals surface area contributed by atoms with Gasteiger partial charge in [0.1, 0.15) is 0 Å². The van der Waals surface area contributed by atoms with Gasteiger partial charge in [0, 0.05) is 0 Å². The normalized spacial score (nSPS) is 3.18. The van der Waals surface area contributed by atoms with E-state index in [1.165, 1.54) is 6.42 Å². The summed E-state index contributed by atoms with van der Waals surface area (Å²) in [6.07, 6.45) is 9.25. The fourth-order valence-corrected chi connectivity index (χ4v) is 0. The van der Waals surface area contributed by atoms with Gasteiger partial charge in [0.05, 0.1) is 0 Å². The van der Waals surface area contributed by atoms with Gasteiger partial charge in [-0.05, 0) is 0 Å². The third kappa shape index (κ3) is 5520. The van der Waals surface area contributed by atoms with Crippen molar-refractivity contribution in [3.63, 3.8) is 0 Å². The Kier molecular flexibility index (Phi) is 113000. The minimum absolute atomic E-state index is 1.25. The number of rotatable bonds is 0. The molecule has 0 aliphatic rings. The van der Waals surface area contributed by atoms with Gasteiger partial charge >= 0.3 is 0 Å². The van der Waals surface area contributed by atoms with E-state index in [0.29, 0.717) is 0 Å². The Labute approximate surface area is 116 Å². The second kappa shape index (κ2) is 34800. The summed E-state index contributed by atoms with van der Waals surface area (Å²) in [5.41, 5.74) is 0. The second-order valence-corrected chi connectivity index (χ2v) is 0.707. The van der Waals surface area contributed by atoms with Crippen LogP contribution in [0.4, 0.5) is 0 Å². The first-order valence-electron chi connectivity index (χ1n) is 7.25. The van der Waals surface area contributed by atoms with Crippen molar-refractivity contribution in [2.24, 2.45) is 0 Å². The molecule has 0 N–H and O–H groups in total. The van der Waals surface area contributed by atoms with Crippen molar-refractivity contribution in [1.29, 1.82) is 0 Å². The number of hydrogen-bond acceptors (Lipinski definition) is 0. The summed E-state index contributed by atoms with van der Waals surface area (Å²) in [6, 6.07) is 0. The quantitative estimate of drug-likeness (QED) is 0.306. The average molecular weight is 249 g/mol. The van der Waals surface area contributed by atoms with E-state index in [2.05, 4.69) is 39.9 Å². The maximum atomic E-state index is 4.00. The Balaban J connectivity index is -0.00000000914. The zero-order valence-corrected chi connectivity index (χ0v) is 15.3. The van der Waals surface area contributed by atoms with Gasteiger partial charge in [0.25, 0.3) is 0 Å². The fourth-order valence-electron chi connectivity index (χ4n) is 0. The van der Waals surface area contributed by atoms with E-state index in [4.69, 9.17) is 0 Å². The van der Waals surface area contributed by atoms with Crippen molar-refractivity contribution in [1.82, 2.24) is 0 Å². The molecule has 0 radical (unpaired) electrons. The molecule has 0 bridgehead atoms. The Morgan fingerprint density at radius 3 is 0.529 bits per heavy atom. The van der Waals surface area contributed by atoms with E-state index in [0.717, 1.165) is 0 Å². The molecule has 0 aromatic carbocycles. The monoisotopic (exact) mass is 248 g/mol. The number of hydrogen-bond donors (Lipinski definition) is 0. The summed E-state index contributed by atoms with van der Waals surface area (Å²) in [4.78, 5) is 0. The van der Waals surface area contributed by atoms with Crippen LogP contribution in [-0.2, 0) is 0 Å². The molecule has 0 unspecified atom stereocenters. The van der Waals surface area contributed by atoms with E-state index in [9.17, 15) is 0 Å². The van der Waals surface area contributed by atoms with E-state index >= 15 is 0 Å². The first-order valence-corrected chi connectivity index (χ1v) is 7.25. The first-order chi connectivity index (χ1) is 8.41. The van der Waals surface area contributed by atoms with Crippen LogP contribution in [0.15, 0.2) is 13.2 Å². The predicted octanol–water partition coefficient (Wildman–Crippen LogP) is 7.60. The summed E-state index contributed by atoms with van der Waals surface area (Å²) in [5, 5.41) is 0. The van der Waals surface area contributed by atoms with Crippen molar-refractivity contribution in [2.45, 2.75) is 89.5 Å². The maximum Gasteiger partial charge on any atom is -0.0590 e.